The van der Waals surface area contributed by atoms with Gasteiger partial charge in [-0.1, -0.05) is 42.3 Å². The fourth-order valence-corrected chi connectivity index (χ4v) is 3.84. The van der Waals surface area contributed by atoms with E-state index in [1.165, 1.54) is 0 Å². The van der Waals surface area contributed by atoms with Crippen LogP contribution in [0.2, 0.25) is 0 Å². The van der Waals surface area contributed by atoms with Gasteiger partial charge in [-0.05, 0) is 56.5 Å². The summed E-state index contributed by atoms with van der Waals surface area (Å²) in [5.74, 6) is 2.34. The molecule has 0 radical (unpaired) electrons. The molecule has 2 aromatic carbocycles. The summed E-state index contributed by atoms with van der Waals surface area (Å²) in [4.78, 5) is 19.4. The molecule has 2 heterocycles. The van der Waals surface area contributed by atoms with Gasteiger partial charge in [0.2, 0.25) is 11.7 Å². The highest BCUT2D eigenvalue weighted by atomic mass is 16.5. The molecule has 6 nitrogen and oxygen atoms in total. The number of ether oxygens (including phenoxy) is 1. The first-order valence-electron chi connectivity index (χ1n) is 11.1. The average molecular weight is 420 g/mol. The zero-order valence-electron chi connectivity index (χ0n) is 18.2. The largest absolute Gasteiger partial charge is 0.494 e. The zero-order valence-corrected chi connectivity index (χ0v) is 18.2. The van der Waals surface area contributed by atoms with Crippen molar-refractivity contribution in [2.75, 3.05) is 19.7 Å². The zero-order chi connectivity index (χ0) is 21.6. The molecule has 0 aliphatic carbocycles. The van der Waals surface area contributed by atoms with Gasteiger partial charge >= 0.3 is 0 Å². The van der Waals surface area contributed by atoms with Crippen molar-refractivity contribution in [3.63, 3.8) is 0 Å². The van der Waals surface area contributed by atoms with Gasteiger partial charge in [0.25, 0.3) is 5.91 Å². The Balaban J connectivity index is 1.33. The molecule has 3 aromatic rings. The van der Waals surface area contributed by atoms with Crippen LogP contribution in [0.25, 0.3) is 11.4 Å². The molecular weight excluding hydrogens is 390 g/mol. The molecule has 0 atom stereocenters. The van der Waals surface area contributed by atoms with E-state index in [9.17, 15) is 4.79 Å². The SMILES string of the molecule is CCCCOc1ccc(C(=O)N2CCC(c3nc(-c4cccc(C)c4)no3)CC2)cc1. The number of likely N-dealkylation sites (tertiary alicyclic amines) is 1. The van der Waals surface area contributed by atoms with Crippen molar-refractivity contribution in [2.45, 2.75) is 45.4 Å². The number of unbranched alkanes of at least 4 members (excludes halogenated alkanes) is 1. The van der Waals surface area contributed by atoms with Gasteiger partial charge in [-0.25, -0.2) is 0 Å². The highest BCUT2D eigenvalue weighted by Crippen LogP contribution is 2.29. The summed E-state index contributed by atoms with van der Waals surface area (Å²) in [6.07, 6.45) is 3.77. The highest BCUT2D eigenvalue weighted by Gasteiger charge is 2.28. The molecule has 0 saturated carbocycles. The summed E-state index contributed by atoms with van der Waals surface area (Å²) in [5, 5.41) is 4.16. The second kappa shape index (κ2) is 9.77. The molecule has 0 bridgehead atoms. The van der Waals surface area contributed by atoms with Gasteiger partial charge in [0.1, 0.15) is 5.75 Å². The Kier molecular flexibility index (Phi) is 6.65. The number of amides is 1. The number of piperidine rings is 1. The first-order valence-corrected chi connectivity index (χ1v) is 11.1. The molecule has 1 aromatic heterocycles. The van der Waals surface area contributed by atoms with Crippen molar-refractivity contribution >= 4 is 5.91 Å². The van der Waals surface area contributed by atoms with E-state index in [0.717, 1.165) is 42.6 Å². The lowest BCUT2D eigenvalue weighted by molar-refractivity contribution is 0.0704. The molecule has 1 amide bonds. The van der Waals surface area contributed by atoms with Crippen LogP contribution in [-0.2, 0) is 0 Å². The van der Waals surface area contributed by atoms with E-state index < -0.39 is 0 Å². The molecule has 31 heavy (non-hydrogen) atoms. The van der Waals surface area contributed by atoms with Crippen LogP contribution in [0.5, 0.6) is 5.75 Å². The van der Waals surface area contributed by atoms with Crippen molar-refractivity contribution in [3.8, 4) is 17.1 Å². The van der Waals surface area contributed by atoms with Gasteiger partial charge < -0.3 is 14.2 Å². The Morgan fingerprint density at radius 3 is 2.65 bits per heavy atom. The molecule has 6 heteroatoms. The minimum atomic E-state index is 0.0598. The Labute approximate surface area is 183 Å². The Morgan fingerprint density at radius 1 is 1.16 bits per heavy atom. The van der Waals surface area contributed by atoms with Gasteiger partial charge in [-0.2, -0.15) is 4.98 Å². The molecule has 1 fully saturated rings. The van der Waals surface area contributed by atoms with Gasteiger partial charge in [-0.3, -0.25) is 4.79 Å². The Morgan fingerprint density at radius 2 is 1.94 bits per heavy atom. The van der Waals surface area contributed by atoms with Crippen LogP contribution >= 0.6 is 0 Å². The first-order chi connectivity index (χ1) is 15.1. The van der Waals surface area contributed by atoms with Crippen LogP contribution in [0, 0.1) is 6.92 Å². The molecular formula is C25H29N3O3. The van der Waals surface area contributed by atoms with E-state index in [0.29, 0.717) is 37.0 Å². The maximum atomic E-state index is 12.9. The monoisotopic (exact) mass is 419 g/mol. The summed E-state index contributed by atoms with van der Waals surface area (Å²) >= 11 is 0. The van der Waals surface area contributed by atoms with E-state index in [-0.39, 0.29) is 11.8 Å². The summed E-state index contributed by atoms with van der Waals surface area (Å²) in [7, 11) is 0. The Hall–Kier alpha value is -3.15. The predicted molar refractivity (Wildman–Crippen MR) is 119 cm³/mol. The second-order valence-electron chi connectivity index (χ2n) is 8.12. The molecule has 1 aliphatic rings. The lowest BCUT2D eigenvalue weighted by atomic mass is 9.96. The fraction of sp³-hybridized carbons (Fsp3) is 0.400. The molecule has 4 rings (SSSR count). The molecule has 0 unspecified atom stereocenters. The molecule has 162 valence electrons. The standard InChI is InChI=1S/C25H29N3O3/c1-3-4-16-30-22-10-8-20(9-11-22)25(29)28-14-12-19(13-15-28)24-26-23(27-31-24)21-7-5-6-18(2)17-21/h5-11,17,19H,3-4,12-16H2,1-2H3. The maximum absolute atomic E-state index is 12.9. The number of hydrogen-bond donors (Lipinski definition) is 0. The number of aromatic nitrogens is 2. The van der Waals surface area contributed by atoms with Crippen molar-refractivity contribution in [1.82, 2.24) is 15.0 Å². The van der Waals surface area contributed by atoms with E-state index in [2.05, 4.69) is 23.1 Å². The predicted octanol–water partition coefficient (Wildman–Crippen LogP) is 5.24. The number of aryl methyl sites for hydroxylation is 1. The number of rotatable bonds is 7. The summed E-state index contributed by atoms with van der Waals surface area (Å²) < 4.78 is 11.2. The lowest BCUT2D eigenvalue weighted by Crippen LogP contribution is -2.38. The third-order valence-corrected chi connectivity index (χ3v) is 5.72. The van der Waals surface area contributed by atoms with E-state index >= 15 is 0 Å². The molecule has 0 spiro atoms. The number of benzene rings is 2. The molecule has 1 saturated heterocycles. The van der Waals surface area contributed by atoms with Crippen LogP contribution in [0.4, 0.5) is 0 Å². The van der Waals surface area contributed by atoms with E-state index in [1.54, 1.807) is 0 Å². The highest BCUT2D eigenvalue weighted by molar-refractivity contribution is 5.94. The number of carbonyl (C=O) groups is 1. The maximum Gasteiger partial charge on any atom is 0.253 e. The normalized spacial score (nSPS) is 14.6. The van der Waals surface area contributed by atoms with E-state index in [4.69, 9.17) is 9.26 Å². The third-order valence-electron chi connectivity index (χ3n) is 5.72. The molecule has 1 aliphatic heterocycles. The summed E-state index contributed by atoms with van der Waals surface area (Å²) in [6.45, 7) is 6.25. The van der Waals surface area contributed by atoms with Crippen molar-refractivity contribution in [2.24, 2.45) is 0 Å². The lowest BCUT2D eigenvalue weighted by Gasteiger charge is -2.30. The van der Waals surface area contributed by atoms with Gasteiger partial charge in [0.15, 0.2) is 0 Å². The minimum Gasteiger partial charge on any atom is -0.494 e. The third kappa shape index (κ3) is 5.13. The quantitative estimate of drug-likeness (QED) is 0.490. The van der Waals surface area contributed by atoms with Gasteiger partial charge in [-0.15, -0.1) is 0 Å². The smallest absolute Gasteiger partial charge is 0.253 e. The topological polar surface area (TPSA) is 68.5 Å². The van der Waals surface area contributed by atoms with Crippen molar-refractivity contribution < 1.29 is 14.1 Å². The first kappa shape index (κ1) is 21.1. The number of nitrogens with zero attached hydrogens (tertiary/aromatic N) is 3. The van der Waals surface area contributed by atoms with Crippen LogP contribution in [0.3, 0.4) is 0 Å². The van der Waals surface area contributed by atoms with Gasteiger partial charge in [0, 0.05) is 30.1 Å². The summed E-state index contributed by atoms with van der Waals surface area (Å²) in [5.41, 5.74) is 2.82. The van der Waals surface area contributed by atoms with Crippen LogP contribution in [0.15, 0.2) is 53.1 Å². The number of carbonyl (C=O) groups excluding carboxylic acids is 1. The van der Waals surface area contributed by atoms with Crippen LogP contribution in [-0.4, -0.2) is 40.6 Å². The fourth-order valence-electron chi connectivity index (χ4n) is 3.84. The van der Waals surface area contributed by atoms with Crippen molar-refractivity contribution in [1.29, 1.82) is 0 Å². The van der Waals surface area contributed by atoms with E-state index in [1.807, 2.05) is 54.3 Å². The Bertz CT molecular complexity index is 1000. The second-order valence-corrected chi connectivity index (χ2v) is 8.12. The average Bonchev–Trinajstić information content (AvgIpc) is 3.30. The van der Waals surface area contributed by atoms with Crippen LogP contribution < -0.4 is 4.74 Å². The minimum absolute atomic E-state index is 0.0598. The van der Waals surface area contributed by atoms with Gasteiger partial charge in [0.05, 0.1) is 6.61 Å². The molecule has 0 N–H and O–H groups in total. The number of hydrogen-bond acceptors (Lipinski definition) is 5. The van der Waals surface area contributed by atoms with Crippen LogP contribution in [0.1, 0.15) is 60.3 Å². The van der Waals surface area contributed by atoms with Crippen molar-refractivity contribution in [3.05, 3.63) is 65.5 Å². The summed E-state index contributed by atoms with van der Waals surface area (Å²) in [6, 6.07) is 15.5.